The summed E-state index contributed by atoms with van der Waals surface area (Å²) in [4.78, 5) is 0. The molecule has 3 aliphatic rings. The summed E-state index contributed by atoms with van der Waals surface area (Å²) in [5.74, 6) is 0. The summed E-state index contributed by atoms with van der Waals surface area (Å²) in [5.41, 5.74) is 5.15. The predicted molar refractivity (Wildman–Crippen MR) is 43.0 cm³/mol. The molecule has 0 saturated heterocycles. The number of rotatable bonds is 0. The third-order valence-corrected chi connectivity index (χ3v) is 2.58. The minimum absolute atomic E-state index is 0.327. The van der Waals surface area contributed by atoms with Crippen LogP contribution in [0.15, 0.2) is 46.6 Å². The topological polar surface area (TPSA) is 20.2 Å². The van der Waals surface area contributed by atoms with Crippen molar-refractivity contribution in [3.63, 3.8) is 0 Å². The van der Waals surface area contributed by atoms with Crippen molar-refractivity contribution >= 4 is 0 Å². The highest BCUT2D eigenvalue weighted by Gasteiger charge is 2.34. The lowest BCUT2D eigenvalue weighted by molar-refractivity contribution is 0.263. The van der Waals surface area contributed by atoms with Crippen LogP contribution in [0.3, 0.4) is 0 Å². The first-order chi connectivity index (χ1) is 5.38. The van der Waals surface area contributed by atoms with E-state index >= 15 is 0 Å². The highest BCUT2D eigenvalue weighted by atomic mass is 16.3. The maximum atomic E-state index is 9.45. The molecule has 0 saturated carbocycles. The molecule has 1 nitrogen and oxygen atoms in total. The van der Waals surface area contributed by atoms with Crippen LogP contribution in [0.25, 0.3) is 0 Å². The quantitative estimate of drug-likeness (QED) is 0.546. The van der Waals surface area contributed by atoms with Crippen LogP contribution in [-0.4, -0.2) is 11.2 Å². The standard InChI is InChI=1S/C10H8O/c11-9-5-4-8-6-2-1-3-7(6)10(8)9/h1,3-5,9,11H,2H2. The monoisotopic (exact) mass is 144 g/mol. The van der Waals surface area contributed by atoms with E-state index in [1.165, 1.54) is 16.7 Å². The molecule has 54 valence electrons. The SMILES string of the molecule is OC1C=CC2=C1C1=C2CC=C1. The van der Waals surface area contributed by atoms with Crippen LogP contribution >= 0.6 is 0 Å². The Morgan fingerprint density at radius 2 is 2.18 bits per heavy atom. The first kappa shape index (κ1) is 5.56. The summed E-state index contributed by atoms with van der Waals surface area (Å²) in [7, 11) is 0. The predicted octanol–water partition coefficient (Wildman–Crippen LogP) is 1.48. The first-order valence-electron chi connectivity index (χ1n) is 3.89. The Morgan fingerprint density at radius 1 is 1.27 bits per heavy atom. The van der Waals surface area contributed by atoms with Crippen molar-refractivity contribution in [1.82, 2.24) is 0 Å². The molecule has 0 radical (unpaired) electrons. The molecule has 11 heavy (non-hydrogen) atoms. The molecule has 0 amide bonds. The molecule has 0 aliphatic heterocycles. The van der Waals surface area contributed by atoms with Crippen molar-refractivity contribution in [1.29, 1.82) is 0 Å². The Hall–Kier alpha value is -1.08. The summed E-state index contributed by atoms with van der Waals surface area (Å²) in [5, 5.41) is 9.45. The zero-order valence-electron chi connectivity index (χ0n) is 6.04. The fourth-order valence-electron chi connectivity index (χ4n) is 2.05. The van der Waals surface area contributed by atoms with Gasteiger partial charge >= 0.3 is 0 Å². The van der Waals surface area contributed by atoms with Gasteiger partial charge in [-0.3, -0.25) is 0 Å². The molecule has 1 N–H and O–H groups in total. The van der Waals surface area contributed by atoms with Gasteiger partial charge in [0.15, 0.2) is 0 Å². The van der Waals surface area contributed by atoms with Gasteiger partial charge in [-0.25, -0.2) is 0 Å². The Labute approximate surface area is 65.0 Å². The largest absolute Gasteiger partial charge is 0.384 e. The average Bonchev–Trinajstić information content (AvgIpc) is 2.43. The molecule has 0 spiro atoms. The van der Waals surface area contributed by atoms with Gasteiger partial charge in [-0.05, 0) is 28.7 Å². The molecule has 0 aromatic heterocycles. The zero-order chi connectivity index (χ0) is 7.42. The van der Waals surface area contributed by atoms with E-state index in [2.05, 4.69) is 12.2 Å². The smallest absolute Gasteiger partial charge is 0.0986 e. The van der Waals surface area contributed by atoms with Crippen LogP contribution < -0.4 is 0 Å². The van der Waals surface area contributed by atoms with Crippen LogP contribution in [0.2, 0.25) is 0 Å². The Bertz CT molecular complexity index is 353. The summed E-state index contributed by atoms with van der Waals surface area (Å²) in [6, 6.07) is 0. The normalized spacial score (nSPS) is 31.2. The number of fused-ring (bicyclic) bond motifs is 2. The van der Waals surface area contributed by atoms with E-state index in [1.807, 2.05) is 12.2 Å². The molecular formula is C10H8O. The Balaban J connectivity index is 2.09. The van der Waals surface area contributed by atoms with Gasteiger partial charge in [0, 0.05) is 0 Å². The lowest BCUT2D eigenvalue weighted by Gasteiger charge is -2.22. The number of allylic oxidation sites excluding steroid dienone is 5. The Morgan fingerprint density at radius 3 is 3.09 bits per heavy atom. The van der Waals surface area contributed by atoms with Crippen LogP contribution in [0.5, 0.6) is 0 Å². The van der Waals surface area contributed by atoms with E-state index in [9.17, 15) is 5.11 Å². The minimum Gasteiger partial charge on any atom is -0.384 e. The summed E-state index contributed by atoms with van der Waals surface area (Å²) in [6.45, 7) is 0. The molecule has 0 bridgehead atoms. The summed E-state index contributed by atoms with van der Waals surface area (Å²) < 4.78 is 0. The van der Waals surface area contributed by atoms with Crippen LogP contribution in [0.1, 0.15) is 6.42 Å². The second-order valence-corrected chi connectivity index (χ2v) is 3.13. The molecule has 1 unspecified atom stereocenters. The van der Waals surface area contributed by atoms with Crippen LogP contribution in [0, 0.1) is 0 Å². The van der Waals surface area contributed by atoms with E-state index in [1.54, 1.807) is 0 Å². The van der Waals surface area contributed by atoms with Crippen molar-refractivity contribution < 1.29 is 5.11 Å². The second-order valence-electron chi connectivity index (χ2n) is 3.13. The zero-order valence-corrected chi connectivity index (χ0v) is 6.04. The molecule has 3 rings (SSSR count). The molecule has 0 aromatic carbocycles. The summed E-state index contributed by atoms with van der Waals surface area (Å²) >= 11 is 0. The maximum absolute atomic E-state index is 9.45. The highest BCUT2D eigenvalue weighted by Crippen LogP contribution is 2.47. The van der Waals surface area contributed by atoms with Gasteiger partial charge in [0.2, 0.25) is 0 Å². The average molecular weight is 144 g/mol. The van der Waals surface area contributed by atoms with Crippen molar-refractivity contribution in [2.24, 2.45) is 0 Å². The second kappa shape index (κ2) is 1.56. The van der Waals surface area contributed by atoms with Gasteiger partial charge in [0.25, 0.3) is 0 Å². The van der Waals surface area contributed by atoms with Gasteiger partial charge in [-0.2, -0.15) is 0 Å². The molecule has 0 aromatic rings. The van der Waals surface area contributed by atoms with Gasteiger partial charge in [-0.1, -0.05) is 24.3 Å². The highest BCUT2D eigenvalue weighted by molar-refractivity contribution is 5.74. The molecular weight excluding hydrogens is 136 g/mol. The fourth-order valence-corrected chi connectivity index (χ4v) is 2.05. The van der Waals surface area contributed by atoms with E-state index in [0.29, 0.717) is 0 Å². The number of hydrogen-bond acceptors (Lipinski definition) is 1. The molecule has 3 aliphatic carbocycles. The van der Waals surface area contributed by atoms with Crippen LogP contribution in [-0.2, 0) is 0 Å². The summed E-state index contributed by atoms with van der Waals surface area (Å²) in [6.07, 6.45) is 8.90. The minimum atomic E-state index is -0.327. The molecule has 0 fully saturated rings. The van der Waals surface area contributed by atoms with Gasteiger partial charge < -0.3 is 5.11 Å². The third kappa shape index (κ3) is 0.477. The van der Waals surface area contributed by atoms with Crippen molar-refractivity contribution in [2.45, 2.75) is 12.5 Å². The van der Waals surface area contributed by atoms with Crippen LogP contribution in [0.4, 0.5) is 0 Å². The lowest BCUT2D eigenvalue weighted by atomic mass is 9.83. The lowest BCUT2D eigenvalue weighted by Crippen LogP contribution is -2.13. The number of aliphatic hydroxyl groups is 1. The van der Waals surface area contributed by atoms with E-state index in [4.69, 9.17) is 0 Å². The van der Waals surface area contributed by atoms with Gasteiger partial charge in [0.05, 0.1) is 6.10 Å². The van der Waals surface area contributed by atoms with Crippen molar-refractivity contribution in [2.75, 3.05) is 0 Å². The molecule has 1 heteroatoms. The molecule has 1 atom stereocenters. The third-order valence-electron chi connectivity index (χ3n) is 2.58. The maximum Gasteiger partial charge on any atom is 0.0986 e. The van der Waals surface area contributed by atoms with E-state index < -0.39 is 0 Å². The number of aliphatic hydroxyl groups excluding tert-OH is 1. The molecule has 0 heterocycles. The van der Waals surface area contributed by atoms with Crippen molar-refractivity contribution in [3.8, 4) is 0 Å². The number of hydrogen-bond donors (Lipinski definition) is 1. The Kier molecular flexibility index (Phi) is 0.789. The van der Waals surface area contributed by atoms with Gasteiger partial charge in [0.1, 0.15) is 0 Å². The fraction of sp³-hybridized carbons (Fsp3) is 0.200. The van der Waals surface area contributed by atoms with Gasteiger partial charge in [-0.15, -0.1) is 0 Å². The van der Waals surface area contributed by atoms with E-state index in [-0.39, 0.29) is 6.10 Å². The van der Waals surface area contributed by atoms with E-state index in [0.717, 1.165) is 12.0 Å². The van der Waals surface area contributed by atoms with Crippen molar-refractivity contribution in [3.05, 3.63) is 46.6 Å². The first-order valence-corrected chi connectivity index (χ1v) is 3.89.